The molecule has 1 aromatic carbocycles. The van der Waals surface area contributed by atoms with Crippen LogP contribution in [0, 0.1) is 0 Å². The van der Waals surface area contributed by atoms with Crippen LogP contribution in [-0.4, -0.2) is 24.8 Å². The van der Waals surface area contributed by atoms with Gasteiger partial charge in [-0.1, -0.05) is 82.9 Å². The first kappa shape index (κ1) is 21.6. The highest BCUT2D eigenvalue weighted by Crippen LogP contribution is 2.10. The second kappa shape index (κ2) is 17.0. The summed E-state index contributed by atoms with van der Waals surface area (Å²) in [5.41, 5.74) is 0.588. The molecule has 0 fully saturated rings. The van der Waals surface area contributed by atoms with E-state index < -0.39 is 0 Å². The molecule has 0 bridgehead atoms. The molecule has 0 saturated carbocycles. The van der Waals surface area contributed by atoms with E-state index >= 15 is 0 Å². The number of aliphatic hydroxyl groups is 1. The van der Waals surface area contributed by atoms with Gasteiger partial charge in [-0.3, -0.25) is 0 Å². The van der Waals surface area contributed by atoms with Gasteiger partial charge in [0.25, 0.3) is 0 Å². The Morgan fingerprint density at radius 2 is 1.35 bits per heavy atom. The fourth-order valence-corrected chi connectivity index (χ4v) is 2.29. The number of hydrogen-bond donors (Lipinski definition) is 1. The SMILES string of the molecule is CCCCCCCCCCCCO.COC(=O)c1ccccc1. The van der Waals surface area contributed by atoms with Crippen molar-refractivity contribution in [1.29, 1.82) is 0 Å². The molecule has 0 aliphatic rings. The lowest BCUT2D eigenvalue weighted by atomic mass is 10.1. The van der Waals surface area contributed by atoms with Crippen molar-refractivity contribution in [2.45, 2.75) is 71.1 Å². The van der Waals surface area contributed by atoms with Gasteiger partial charge in [0.05, 0.1) is 12.7 Å². The van der Waals surface area contributed by atoms with Gasteiger partial charge in [0.1, 0.15) is 0 Å². The van der Waals surface area contributed by atoms with Crippen LogP contribution in [0.3, 0.4) is 0 Å². The monoisotopic (exact) mass is 322 g/mol. The Kier molecular flexibility index (Phi) is 16.0. The molecule has 3 nitrogen and oxygen atoms in total. The summed E-state index contributed by atoms with van der Waals surface area (Å²) in [6, 6.07) is 8.88. The molecule has 0 atom stereocenters. The first-order valence-electron chi connectivity index (χ1n) is 9.00. The van der Waals surface area contributed by atoms with Crippen LogP contribution in [0.4, 0.5) is 0 Å². The van der Waals surface area contributed by atoms with Crippen molar-refractivity contribution >= 4 is 5.97 Å². The molecule has 3 heteroatoms. The molecule has 0 aliphatic carbocycles. The Bertz CT molecular complexity index is 352. The molecule has 132 valence electrons. The lowest BCUT2D eigenvalue weighted by Crippen LogP contribution is -1.99. The standard InChI is InChI=1S/C12H26O.C8H8O2/c1-2-3-4-5-6-7-8-9-10-11-12-13;1-10-8(9)7-5-3-2-4-6-7/h13H,2-12H2,1H3;2-6H,1H3. The Hall–Kier alpha value is -1.35. The number of esters is 1. The van der Waals surface area contributed by atoms with Crippen molar-refractivity contribution in [3.8, 4) is 0 Å². The number of aliphatic hydroxyl groups excluding tert-OH is 1. The highest BCUT2D eigenvalue weighted by molar-refractivity contribution is 5.89. The van der Waals surface area contributed by atoms with Gasteiger partial charge >= 0.3 is 5.97 Å². The first-order chi connectivity index (χ1) is 11.3. The van der Waals surface area contributed by atoms with Gasteiger partial charge in [-0.2, -0.15) is 0 Å². The maximum Gasteiger partial charge on any atom is 0.337 e. The van der Waals surface area contributed by atoms with Crippen molar-refractivity contribution in [3.05, 3.63) is 35.9 Å². The predicted molar refractivity (Wildman–Crippen MR) is 96.7 cm³/mol. The van der Waals surface area contributed by atoms with Crippen LogP contribution in [0.5, 0.6) is 0 Å². The Labute approximate surface area is 142 Å². The summed E-state index contributed by atoms with van der Waals surface area (Å²) in [7, 11) is 1.37. The maximum absolute atomic E-state index is 10.8. The number of carbonyl (C=O) groups excluding carboxylic acids is 1. The van der Waals surface area contributed by atoms with Crippen LogP contribution in [0.2, 0.25) is 0 Å². The average Bonchev–Trinajstić information content (AvgIpc) is 2.61. The van der Waals surface area contributed by atoms with Gasteiger partial charge < -0.3 is 9.84 Å². The summed E-state index contributed by atoms with van der Waals surface area (Å²) in [5.74, 6) is -0.291. The molecule has 0 amide bonds. The zero-order valence-corrected chi connectivity index (χ0v) is 14.9. The maximum atomic E-state index is 10.8. The molecule has 0 aromatic heterocycles. The van der Waals surface area contributed by atoms with Gasteiger partial charge in [-0.15, -0.1) is 0 Å². The van der Waals surface area contributed by atoms with Crippen LogP contribution in [0.1, 0.15) is 81.5 Å². The van der Waals surface area contributed by atoms with E-state index in [0.717, 1.165) is 6.42 Å². The number of unbranched alkanes of at least 4 members (excludes halogenated alkanes) is 9. The number of hydrogen-bond acceptors (Lipinski definition) is 3. The molecule has 0 aliphatic heterocycles. The average molecular weight is 322 g/mol. The molecule has 1 rings (SSSR count). The smallest absolute Gasteiger partial charge is 0.337 e. The van der Waals surface area contributed by atoms with Crippen molar-refractivity contribution in [2.24, 2.45) is 0 Å². The summed E-state index contributed by atoms with van der Waals surface area (Å²) in [6.45, 7) is 2.63. The summed E-state index contributed by atoms with van der Waals surface area (Å²) < 4.78 is 4.50. The third-order valence-corrected chi connectivity index (χ3v) is 3.71. The molecule has 1 N–H and O–H groups in total. The van der Waals surface area contributed by atoms with Gasteiger partial charge in [-0.25, -0.2) is 4.79 Å². The van der Waals surface area contributed by atoms with E-state index in [1.54, 1.807) is 24.3 Å². The minimum absolute atomic E-state index is 0.291. The zero-order chi connectivity index (χ0) is 17.2. The minimum atomic E-state index is -0.291. The van der Waals surface area contributed by atoms with Crippen LogP contribution >= 0.6 is 0 Å². The van der Waals surface area contributed by atoms with E-state index in [4.69, 9.17) is 5.11 Å². The van der Waals surface area contributed by atoms with E-state index in [1.807, 2.05) is 6.07 Å². The normalized spacial score (nSPS) is 9.87. The van der Waals surface area contributed by atoms with E-state index in [-0.39, 0.29) is 5.97 Å². The minimum Gasteiger partial charge on any atom is -0.465 e. The highest BCUT2D eigenvalue weighted by atomic mass is 16.5. The van der Waals surface area contributed by atoms with E-state index in [1.165, 1.54) is 64.9 Å². The molecule has 0 saturated heterocycles. The summed E-state index contributed by atoms with van der Waals surface area (Å²) in [4.78, 5) is 10.8. The molecule has 0 heterocycles. The Morgan fingerprint density at radius 1 is 0.870 bits per heavy atom. The number of ether oxygens (including phenoxy) is 1. The quantitative estimate of drug-likeness (QED) is 0.440. The molecule has 0 unspecified atom stereocenters. The third-order valence-electron chi connectivity index (χ3n) is 3.71. The third kappa shape index (κ3) is 14.0. The second-order valence-electron chi connectivity index (χ2n) is 5.76. The van der Waals surface area contributed by atoms with Crippen molar-refractivity contribution in [2.75, 3.05) is 13.7 Å². The predicted octanol–water partition coefficient (Wildman–Crippen LogP) is 5.37. The van der Waals surface area contributed by atoms with Crippen molar-refractivity contribution < 1.29 is 14.6 Å². The summed E-state index contributed by atoms with van der Waals surface area (Å²) in [5, 5.41) is 8.57. The molecular formula is C20H34O3. The molecule has 0 radical (unpaired) electrons. The summed E-state index contributed by atoms with van der Waals surface area (Å²) in [6.07, 6.45) is 13.3. The van der Waals surface area contributed by atoms with Gasteiger partial charge in [-0.05, 0) is 18.6 Å². The topological polar surface area (TPSA) is 46.5 Å². The van der Waals surface area contributed by atoms with E-state index in [2.05, 4.69) is 11.7 Å². The van der Waals surface area contributed by atoms with E-state index in [9.17, 15) is 4.79 Å². The van der Waals surface area contributed by atoms with E-state index in [0.29, 0.717) is 12.2 Å². The Morgan fingerprint density at radius 3 is 1.78 bits per heavy atom. The fraction of sp³-hybridized carbons (Fsp3) is 0.650. The number of benzene rings is 1. The molecular weight excluding hydrogens is 288 g/mol. The lowest BCUT2D eigenvalue weighted by Gasteiger charge is -2.00. The number of carbonyl (C=O) groups is 1. The van der Waals surface area contributed by atoms with Gasteiger partial charge in [0, 0.05) is 6.61 Å². The first-order valence-corrected chi connectivity index (χ1v) is 9.00. The highest BCUT2D eigenvalue weighted by Gasteiger charge is 2.00. The lowest BCUT2D eigenvalue weighted by molar-refractivity contribution is 0.0600. The van der Waals surface area contributed by atoms with Crippen LogP contribution in [0.15, 0.2) is 30.3 Å². The molecule has 1 aromatic rings. The zero-order valence-electron chi connectivity index (χ0n) is 14.9. The molecule has 0 spiro atoms. The van der Waals surface area contributed by atoms with Crippen LogP contribution in [-0.2, 0) is 4.74 Å². The van der Waals surface area contributed by atoms with Crippen LogP contribution < -0.4 is 0 Å². The molecule has 23 heavy (non-hydrogen) atoms. The number of rotatable bonds is 11. The van der Waals surface area contributed by atoms with Crippen molar-refractivity contribution in [1.82, 2.24) is 0 Å². The van der Waals surface area contributed by atoms with Gasteiger partial charge in [0.2, 0.25) is 0 Å². The van der Waals surface area contributed by atoms with Crippen molar-refractivity contribution in [3.63, 3.8) is 0 Å². The number of methoxy groups -OCH3 is 1. The fourth-order valence-electron chi connectivity index (χ4n) is 2.29. The Balaban J connectivity index is 0.000000433. The second-order valence-corrected chi connectivity index (χ2v) is 5.76. The van der Waals surface area contributed by atoms with Gasteiger partial charge in [0.15, 0.2) is 0 Å². The van der Waals surface area contributed by atoms with Crippen LogP contribution in [0.25, 0.3) is 0 Å². The summed E-state index contributed by atoms with van der Waals surface area (Å²) >= 11 is 0. The largest absolute Gasteiger partial charge is 0.465 e.